The molecule has 0 saturated heterocycles. The maximum atomic E-state index is 9.64. The van der Waals surface area contributed by atoms with Crippen molar-refractivity contribution in [3.63, 3.8) is 0 Å². The Labute approximate surface area is 125 Å². The van der Waals surface area contributed by atoms with Crippen LogP contribution in [0.3, 0.4) is 0 Å². The molecular weight excluding hydrogens is 316 g/mol. The molecule has 0 amide bonds. The molecule has 0 rings (SSSR count). The number of hydrogen-bond donors (Lipinski definition) is 4. The Morgan fingerprint density at radius 2 is 0.944 bits per heavy atom. The van der Waals surface area contributed by atoms with Gasteiger partial charge in [-0.3, -0.25) is 9.59 Å². The summed E-state index contributed by atoms with van der Waals surface area (Å²) in [6, 6.07) is 0. The molecule has 0 spiro atoms. The number of carboxylic acids is 4. The Bertz CT molecular complexity index is 284. The van der Waals surface area contributed by atoms with Gasteiger partial charge >= 0.3 is 23.9 Å². The van der Waals surface area contributed by atoms with Crippen molar-refractivity contribution in [3.8, 4) is 0 Å². The van der Waals surface area contributed by atoms with E-state index in [2.05, 4.69) is 0 Å². The van der Waals surface area contributed by atoms with Crippen molar-refractivity contribution in [1.82, 2.24) is 0 Å². The van der Waals surface area contributed by atoms with Crippen molar-refractivity contribution in [2.24, 2.45) is 0 Å². The standard InChI is InChI=1S/C4H6O4.C4H4O4.Al.Zn.3H/c2*5-3(6)1-2-4(7)8;;;;;/h1-2H2,(H,5,6)(H,7,8);1-2H,(H,5,6)(H,7,8);;;;;/b;2-1-;;;;;. The number of rotatable bonds is 5. The quantitative estimate of drug-likeness (QED) is 0.350. The summed E-state index contributed by atoms with van der Waals surface area (Å²) >= 11 is 0. The van der Waals surface area contributed by atoms with Gasteiger partial charge in [-0.1, -0.05) is 0 Å². The molecule has 0 aromatic rings. The van der Waals surface area contributed by atoms with Crippen LogP contribution in [-0.2, 0) is 38.7 Å². The van der Waals surface area contributed by atoms with Gasteiger partial charge in [0.1, 0.15) is 0 Å². The zero-order valence-electron chi connectivity index (χ0n) is 8.70. The van der Waals surface area contributed by atoms with Crippen molar-refractivity contribution in [3.05, 3.63) is 12.2 Å². The molecule has 0 fully saturated rings. The van der Waals surface area contributed by atoms with Crippen LogP contribution in [0.15, 0.2) is 12.2 Å². The molecule has 0 bridgehead atoms. The molecule has 0 heterocycles. The molecule has 0 aliphatic heterocycles. The van der Waals surface area contributed by atoms with Gasteiger partial charge in [-0.15, -0.1) is 0 Å². The van der Waals surface area contributed by atoms with Gasteiger partial charge in [0.05, 0.1) is 12.8 Å². The summed E-state index contributed by atoms with van der Waals surface area (Å²) in [4.78, 5) is 38.4. The van der Waals surface area contributed by atoms with Crippen LogP contribution in [0, 0.1) is 0 Å². The molecule has 0 aliphatic rings. The first-order valence-electron chi connectivity index (χ1n) is 3.83. The van der Waals surface area contributed by atoms with Crippen LogP contribution in [0.1, 0.15) is 12.8 Å². The van der Waals surface area contributed by atoms with E-state index < -0.39 is 23.9 Å². The van der Waals surface area contributed by atoms with E-state index in [0.29, 0.717) is 12.2 Å². The predicted octanol–water partition coefficient (Wildman–Crippen LogP) is -1.54. The van der Waals surface area contributed by atoms with Crippen LogP contribution in [-0.4, -0.2) is 61.7 Å². The summed E-state index contributed by atoms with van der Waals surface area (Å²) in [5.74, 6) is -4.67. The van der Waals surface area contributed by atoms with E-state index in [4.69, 9.17) is 20.4 Å². The molecule has 0 radical (unpaired) electrons. The Balaban J connectivity index is -0.0000000980. The summed E-state index contributed by atoms with van der Waals surface area (Å²) in [6.45, 7) is 0. The smallest absolute Gasteiger partial charge is 0.328 e. The molecule has 8 nitrogen and oxygen atoms in total. The zero-order chi connectivity index (χ0) is 13.1. The van der Waals surface area contributed by atoms with E-state index in [9.17, 15) is 19.2 Å². The maximum absolute atomic E-state index is 9.64. The van der Waals surface area contributed by atoms with E-state index >= 15 is 0 Å². The van der Waals surface area contributed by atoms with Crippen molar-refractivity contribution in [2.75, 3.05) is 0 Å². The maximum Gasteiger partial charge on any atom is 0.328 e. The fourth-order valence-electron chi connectivity index (χ4n) is 0.356. The van der Waals surface area contributed by atoms with Crippen molar-refractivity contribution in [2.45, 2.75) is 12.8 Å². The molecule has 0 aliphatic carbocycles. The number of hydrogen-bond acceptors (Lipinski definition) is 4. The predicted molar refractivity (Wildman–Crippen MR) is 58.9 cm³/mol. The van der Waals surface area contributed by atoms with Gasteiger partial charge in [0.15, 0.2) is 17.4 Å². The van der Waals surface area contributed by atoms with Crippen molar-refractivity contribution in [1.29, 1.82) is 0 Å². The fraction of sp³-hybridized carbons (Fsp3) is 0.250. The molecule has 10 heteroatoms. The number of carbonyl (C=O) groups is 4. The van der Waals surface area contributed by atoms with Gasteiger partial charge in [-0.25, -0.2) is 9.59 Å². The van der Waals surface area contributed by atoms with E-state index in [-0.39, 0.29) is 49.7 Å². The molecule has 0 atom stereocenters. The first kappa shape index (κ1) is 25.6. The first-order chi connectivity index (χ1) is 7.25. The van der Waals surface area contributed by atoms with Crippen molar-refractivity contribution < 1.29 is 59.1 Å². The average molecular weight is 330 g/mol. The van der Waals surface area contributed by atoms with E-state index in [1.54, 1.807) is 0 Å². The Kier molecular flexibility index (Phi) is 22.4. The second-order valence-electron chi connectivity index (χ2n) is 2.30. The van der Waals surface area contributed by atoms with Crippen LogP contribution in [0.2, 0.25) is 0 Å². The minimum Gasteiger partial charge on any atom is -0.481 e. The topological polar surface area (TPSA) is 149 Å². The van der Waals surface area contributed by atoms with Crippen LogP contribution < -0.4 is 0 Å². The van der Waals surface area contributed by atoms with Crippen LogP contribution in [0.5, 0.6) is 0 Å². The SMILES string of the molecule is O=C(O)/C=C\C(=O)O.O=C(O)CCC(=O)O.[AlH3].[Zn]. The van der Waals surface area contributed by atoms with Gasteiger partial charge in [0, 0.05) is 31.6 Å². The van der Waals surface area contributed by atoms with Gasteiger partial charge in [-0.05, 0) is 0 Å². The molecule has 4 N–H and O–H groups in total. The molecule has 18 heavy (non-hydrogen) atoms. The zero-order valence-corrected chi connectivity index (χ0v) is 11.7. The third-order valence-electron chi connectivity index (χ3n) is 0.921. The van der Waals surface area contributed by atoms with Gasteiger partial charge in [0.2, 0.25) is 0 Å². The summed E-state index contributed by atoms with van der Waals surface area (Å²) in [5.41, 5.74) is 0. The Hall–Kier alpha value is -1.22. The second-order valence-corrected chi connectivity index (χ2v) is 2.30. The van der Waals surface area contributed by atoms with Crippen LogP contribution in [0.4, 0.5) is 0 Å². The summed E-state index contributed by atoms with van der Waals surface area (Å²) in [6.07, 6.45) is 0.523. The molecule has 0 saturated carbocycles. The van der Waals surface area contributed by atoms with Gasteiger partial charge in [-0.2, -0.15) is 0 Å². The fourth-order valence-corrected chi connectivity index (χ4v) is 0.356. The monoisotopic (exact) mass is 328 g/mol. The van der Waals surface area contributed by atoms with E-state index in [1.165, 1.54) is 0 Å². The third kappa shape index (κ3) is 36.4. The van der Waals surface area contributed by atoms with Gasteiger partial charge < -0.3 is 20.4 Å². The normalized spacial score (nSPS) is 8.00. The third-order valence-corrected chi connectivity index (χ3v) is 0.921. The molecular formula is C8H13AlO8Zn. The summed E-state index contributed by atoms with van der Waals surface area (Å²) in [7, 11) is 0. The Morgan fingerprint density at radius 3 is 1.06 bits per heavy atom. The summed E-state index contributed by atoms with van der Waals surface area (Å²) in [5, 5.41) is 31.4. The number of aliphatic carboxylic acids is 4. The van der Waals surface area contributed by atoms with Crippen LogP contribution >= 0.6 is 0 Å². The molecule has 98 valence electrons. The minimum absolute atomic E-state index is 0. The van der Waals surface area contributed by atoms with E-state index in [0.717, 1.165) is 0 Å². The molecule has 0 unspecified atom stereocenters. The Morgan fingerprint density at radius 1 is 0.722 bits per heavy atom. The van der Waals surface area contributed by atoms with Gasteiger partial charge in [0.25, 0.3) is 0 Å². The average Bonchev–Trinajstić information content (AvgIpc) is 2.12. The minimum atomic E-state index is -1.26. The summed E-state index contributed by atoms with van der Waals surface area (Å²) < 4.78 is 0. The van der Waals surface area contributed by atoms with Crippen molar-refractivity contribution >= 4 is 41.2 Å². The van der Waals surface area contributed by atoms with Crippen LogP contribution in [0.25, 0.3) is 0 Å². The molecule has 0 aromatic carbocycles. The second kappa shape index (κ2) is 15.8. The molecule has 0 aromatic heterocycles. The van der Waals surface area contributed by atoms with E-state index in [1.807, 2.05) is 0 Å². The largest absolute Gasteiger partial charge is 0.481 e. The first-order valence-corrected chi connectivity index (χ1v) is 3.83. The number of carboxylic acid groups (broad SMARTS) is 4.